The molecule has 0 aliphatic carbocycles. The summed E-state index contributed by atoms with van der Waals surface area (Å²) >= 11 is 2.27. The molecule has 0 aromatic rings. The molecule has 19 heavy (non-hydrogen) atoms. The zero-order chi connectivity index (χ0) is 14.7. The van der Waals surface area contributed by atoms with Gasteiger partial charge in [-0.15, -0.1) is 0 Å². The van der Waals surface area contributed by atoms with Gasteiger partial charge in [-0.05, 0) is 20.8 Å². The molecule has 114 valence electrons. The lowest BCUT2D eigenvalue weighted by Crippen LogP contribution is -2.53. The van der Waals surface area contributed by atoms with Gasteiger partial charge in [0.1, 0.15) is 24.1 Å². The molecule has 1 fully saturated rings. The van der Waals surface area contributed by atoms with Crippen LogP contribution in [-0.2, 0) is 18.9 Å². The molecule has 1 rings (SSSR count). The monoisotopic (exact) mass is 388 g/mol. The molecule has 1 N–H and O–H groups in total. The summed E-state index contributed by atoms with van der Waals surface area (Å²) in [6.07, 6.45) is -0.899. The standard InChI is InChI=1S/C13H25IO5/c1-9(14)12(3)11(15)13(4,10(2)19-12)18-8-17-7-6-16-5/h9-11,15H,6-8H2,1-5H3/t9-,10-,11+,12+,13+/m1/s1. The number of rotatable bonds is 7. The van der Waals surface area contributed by atoms with Crippen LogP contribution in [0.4, 0.5) is 0 Å². The number of aliphatic hydroxyl groups excluding tert-OH is 1. The molecule has 5 atom stereocenters. The maximum Gasteiger partial charge on any atom is 0.147 e. The van der Waals surface area contributed by atoms with Crippen LogP contribution in [0, 0.1) is 0 Å². The Balaban J connectivity index is 2.60. The summed E-state index contributed by atoms with van der Waals surface area (Å²) in [6, 6.07) is 0. The van der Waals surface area contributed by atoms with Crippen molar-refractivity contribution >= 4 is 22.6 Å². The van der Waals surface area contributed by atoms with Gasteiger partial charge in [-0.25, -0.2) is 0 Å². The Morgan fingerprint density at radius 1 is 1.37 bits per heavy atom. The van der Waals surface area contributed by atoms with E-state index in [1.165, 1.54) is 0 Å². The number of halogens is 1. The summed E-state index contributed by atoms with van der Waals surface area (Å²) < 4.78 is 22.1. The number of alkyl halides is 1. The van der Waals surface area contributed by atoms with Crippen molar-refractivity contribution in [3.8, 4) is 0 Å². The molecule has 0 amide bonds. The summed E-state index contributed by atoms with van der Waals surface area (Å²) in [5.41, 5.74) is -1.37. The Morgan fingerprint density at radius 3 is 2.47 bits per heavy atom. The highest BCUT2D eigenvalue weighted by Gasteiger charge is 2.60. The molecule has 5 nitrogen and oxygen atoms in total. The molecule has 1 aliphatic heterocycles. The van der Waals surface area contributed by atoms with E-state index in [4.69, 9.17) is 18.9 Å². The van der Waals surface area contributed by atoms with Gasteiger partial charge in [0.25, 0.3) is 0 Å². The zero-order valence-electron chi connectivity index (χ0n) is 12.3. The summed E-state index contributed by atoms with van der Waals surface area (Å²) in [5.74, 6) is 0. The SMILES string of the molecule is COCCOCO[C@]1(C)[C@@H](O)[C@](C)([C@@H](C)I)O[C@@H]1C. The van der Waals surface area contributed by atoms with Crippen LogP contribution in [0.1, 0.15) is 27.7 Å². The van der Waals surface area contributed by atoms with Crippen LogP contribution >= 0.6 is 22.6 Å². The molecule has 6 heteroatoms. The van der Waals surface area contributed by atoms with Crippen molar-refractivity contribution in [3.63, 3.8) is 0 Å². The fourth-order valence-corrected chi connectivity index (χ4v) is 2.72. The third-order valence-electron chi connectivity index (χ3n) is 4.00. The van der Waals surface area contributed by atoms with Gasteiger partial charge in [0.15, 0.2) is 0 Å². The van der Waals surface area contributed by atoms with E-state index in [1.807, 2.05) is 27.7 Å². The lowest BCUT2D eigenvalue weighted by molar-refractivity contribution is -0.180. The highest BCUT2D eigenvalue weighted by Crippen LogP contribution is 2.44. The van der Waals surface area contributed by atoms with Crippen molar-refractivity contribution in [2.75, 3.05) is 27.1 Å². The van der Waals surface area contributed by atoms with Crippen molar-refractivity contribution in [1.29, 1.82) is 0 Å². The highest BCUT2D eigenvalue weighted by atomic mass is 127. The quantitative estimate of drug-likeness (QED) is 0.312. The van der Waals surface area contributed by atoms with E-state index in [0.717, 1.165) is 0 Å². The average Bonchev–Trinajstić information content (AvgIpc) is 2.52. The molecule has 1 saturated heterocycles. The van der Waals surface area contributed by atoms with Gasteiger partial charge in [0.05, 0.1) is 19.3 Å². The summed E-state index contributed by atoms with van der Waals surface area (Å²) in [5, 5.41) is 10.6. The van der Waals surface area contributed by atoms with Gasteiger partial charge in [0, 0.05) is 11.0 Å². The van der Waals surface area contributed by atoms with Crippen LogP contribution in [0.25, 0.3) is 0 Å². The Kier molecular flexibility index (Phi) is 6.47. The predicted molar refractivity (Wildman–Crippen MR) is 80.6 cm³/mol. The van der Waals surface area contributed by atoms with E-state index in [2.05, 4.69) is 22.6 Å². The number of ether oxygens (including phenoxy) is 4. The molecule has 0 bridgehead atoms. The molecular formula is C13H25IO5. The molecule has 0 aromatic heterocycles. The summed E-state index contributed by atoms with van der Waals surface area (Å²) in [6.45, 7) is 8.85. The molecule has 0 spiro atoms. The number of hydrogen-bond acceptors (Lipinski definition) is 5. The third-order valence-corrected chi connectivity index (χ3v) is 5.24. The van der Waals surface area contributed by atoms with Crippen LogP contribution in [0.2, 0.25) is 0 Å². The number of hydrogen-bond donors (Lipinski definition) is 1. The second-order valence-electron chi connectivity index (χ2n) is 5.31. The minimum Gasteiger partial charge on any atom is -0.387 e. The molecular weight excluding hydrogens is 363 g/mol. The Bertz CT molecular complexity index is 288. The minimum atomic E-state index is -0.763. The summed E-state index contributed by atoms with van der Waals surface area (Å²) in [7, 11) is 1.62. The van der Waals surface area contributed by atoms with Gasteiger partial charge in [-0.1, -0.05) is 29.5 Å². The Hall–Kier alpha value is 0.530. The van der Waals surface area contributed by atoms with E-state index in [0.29, 0.717) is 13.2 Å². The minimum absolute atomic E-state index is 0.121. The number of aliphatic hydroxyl groups is 1. The summed E-state index contributed by atoms with van der Waals surface area (Å²) in [4.78, 5) is 0. The van der Waals surface area contributed by atoms with Gasteiger partial charge in [0.2, 0.25) is 0 Å². The lowest BCUT2D eigenvalue weighted by Gasteiger charge is -2.35. The normalized spacial score (nSPS) is 40.6. The van der Waals surface area contributed by atoms with E-state index in [-0.39, 0.29) is 16.8 Å². The fourth-order valence-electron chi connectivity index (χ4n) is 2.23. The fraction of sp³-hybridized carbons (Fsp3) is 1.00. The van der Waals surface area contributed by atoms with Gasteiger partial charge in [-0.2, -0.15) is 0 Å². The maximum absolute atomic E-state index is 10.6. The first kappa shape index (κ1) is 17.6. The molecule has 1 heterocycles. The van der Waals surface area contributed by atoms with Crippen LogP contribution in [0.3, 0.4) is 0 Å². The Labute approximate surface area is 129 Å². The topological polar surface area (TPSA) is 57.2 Å². The molecule has 0 saturated carbocycles. The van der Waals surface area contributed by atoms with Crippen LogP contribution in [-0.4, -0.2) is 59.6 Å². The zero-order valence-corrected chi connectivity index (χ0v) is 14.5. The molecule has 0 aromatic carbocycles. The van der Waals surface area contributed by atoms with Crippen molar-refractivity contribution in [3.05, 3.63) is 0 Å². The van der Waals surface area contributed by atoms with E-state index >= 15 is 0 Å². The second kappa shape index (κ2) is 7.00. The van der Waals surface area contributed by atoms with E-state index in [9.17, 15) is 5.11 Å². The van der Waals surface area contributed by atoms with Crippen molar-refractivity contribution in [2.24, 2.45) is 0 Å². The molecule has 0 radical (unpaired) electrons. The van der Waals surface area contributed by atoms with Gasteiger partial charge < -0.3 is 24.1 Å². The maximum atomic E-state index is 10.6. The smallest absolute Gasteiger partial charge is 0.147 e. The van der Waals surface area contributed by atoms with Crippen LogP contribution in [0.5, 0.6) is 0 Å². The largest absolute Gasteiger partial charge is 0.387 e. The van der Waals surface area contributed by atoms with Gasteiger partial charge >= 0.3 is 0 Å². The van der Waals surface area contributed by atoms with Gasteiger partial charge in [-0.3, -0.25) is 0 Å². The van der Waals surface area contributed by atoms with E-state index < -0.39 is 17.3 Å². The lowest BCUT2D eigenvalue weighted by atomic mass is 9.85. The van der Waals surface area contributed by atoms with Crippen LogP contribution < -0.4 is 0 Å². The third kappa shape index (κ3) is 3.59. The highest BCUT2D eigenvalue weighted by molar-refractivity contribution is 14.1. The van der Waals surface area contributed by atoms with Crippen LogP contribution in [0.15, 0.2) is 0 Å². The average molecular weight is 388 g/mol. The first-order chi connectivity index (χ1) is 8.79. The predicted octanol–water partition coefficient (Wildman–Crippen LogP) is 1.74. The van der Waals surface area contributed by atoms with Crippen molar-refractivity contribution < 1.29 is 24.1 Å². The Morgan fingerprint density at radius 2 is 2.00 bits per heavy atom. The van der Waals surface area contributed by atoms with Crippen molar-refractivity contribution in [2.45, 2.75) is 55.0 Å². The van der Waals surface area contributed by atoms with E-state index in [1.54, 1.807) is 7.11 Å². The molecule has 1 aliphatic rings. The first-order valence-corrected chi connectivity index (χ1v) is 7.74. The van der Waals surface area contributed by atoms with Crippen molar-refractivity contribution in [1.82, 2.24) is 0 Å². The second-order valence-corrected chi connectivity index (χ2v) is 7.18. The number of methoxy groups -OCH3 is 1. The molecule has 0 unspecified atom stereocenters. The first-order valence-electron chi connectivity index (χ1n) is 6.49.